The predicted octanol–water partition coefficient (Wildman–Crippen LogP) is 2.96. The summed E-state index contributed by atoms with van der Waals surface area (Å²) >= 11 is 0. The number of aromatic nitrogens is 2. The van der Waals surface area contributed by atoms with E-state index in [9.17, 15) is 14.9 Å². The summed E-state index contributed by atoms with van der Waals surface area (Å²) in [6, 6.07) is 12.1. The topological polar surface area (TPSA) is 127 Å². The Labute approximate surface area is 166 Å². The fraction of sp³-hybridized carbons (Fsp3) is 0.300. The summed E-state index contributed by atoms with van der Waals surface area (Å²) in [6.07, 6.45) is 0.952. The number of likely N-dealkylation sites (tertiary alicyclic amines) is 1. The highest BCUT2D eigenvalue weighted by molar-refractivity contribution is 5.84. The highest BCUT2D eigenvalue weighted by atomic mass is 16.6. The van der Waals surface area contributed by atoms with Crippen LogP contribution in [0.15, 0.2) is 42.5 Å². The number of nitro groups is 1. The number of rotatable bonds is 6. The number of nitrogens with one attached hydrogen (secondary N) is 1. The Morgan fingerprint density at radius 2 is 2.10 bits per heavy atom. The average molecular weight is 395 g/mol. The van der Waals surface area contributed by atoms with Crippen molar-refractivity contribution < 1.29 is 14.5 Å². The number of imidazole rings is 1. The van der Waals surface area contributed by atoms with Crippen molar-refractivity contribution in [2.24, 2.45) is 5.73 Å². The SMILES string of the molecule is NC(=O)Oc1cccc2[nH]c(C3CCN(CCc4ccc([N+](=O)[O-])cc4)C3)nc12. The van der Waals surface area contributed by atoms with Gasteiger partial charge in [-0.1, -0.05) is 18.2 Å². The molecule has 9 heteroatoms. The molecule has 1 aliphatic rings. The molecule has 1 atom stereocenters. The van der Waals surface area contributed by atoms with E-state index in [1.165, 1.54) is 0 Å². The molecule has 4 rings (SSSR count). The molecule has 0 spiro atoms. The predicted molar refractivity (Wildman–Crippen MR) is 107 cm³/mol. The molecule has 1 aromatic heterocycles. The van der Waals surface area contributed by atoms with E-state index >= 15 is 0 Å². The average Bonchev–Trinajstić information content (AvgIpc) is 3.33. The van der Waals surface area contributed by atoms with Gasteiger partial charge in [-0.05, 0) is 37.1 Å². The fourth-order valence-electron chi connectivity index (χ4n) is 3.74. The Hall–Kier alpha value is -3.46. The lowest BCUT2D eigenvalue weighted by Crippen LogP contribution is -2.23. The van der Waals surface area contributed by atoms with Crippen LogP contribution in [0.3, 0.4) is 0 Å². The first-order valence-corrected chi connectivity index (χ1v) is 9.41. The molecule has 9 nitrogen and oxygen atoms in total. The normalized spacial score (nSPS) is 16.9. The minimum Gasteiger partial charge on any atom is -0.408 e. The number of carbonyl (C=O) groups is 1. The van der Waals surface area contributed by atoms with Crippen molar-refractivity contribution in [2.45, 2.75) is 18.8 Å². The number of carbonyl (C=O) groups excluding carboxylic acids is 1. The number of H-pyrrole nitrogens is 1. The van der Waals surface area contributed by atoms with Crippen LogP contribution in [0, 0.1) is 10.1 Å². The molecule has 1 amide bonds. The number of aromatic amines is 1. The molecule has 1 unspecified atom stereocenters. The first-order chi connectivity index (χ1) is 14.0. The van der Waals surface area contributed by atoms with Crippen LogP contribution in [0.1, 0.15) is 23.7 Å². The fourth-order valence-corrected chi connectivity index (χ4v) is 3.74. The molecular formula is C20H21N5O4. The number of fused-ring (bicyclic) bond motifs is 1. The second kappa shape index (κ2) is 7.88. The molecule has 150 valence electrons. The van der Waals surface area contributed by atoms with Crippen molar-refractivity contribution in [3.8, 4) is 5.75 Å². The lowest BCUT2D eigenvalue weighted by atomic mass is 10.1. The van der Waals surface area contributed by atoms with Crippen LogP contribution < -0.4 is 10.5 Å². The van der Waals surface area contributed by atoms with Gasteiger partial charge in [-0.2, -0.15) is 0 Å². The summed E-state index contributed by atoms with van der Waals surface area (Å²) in [5.74, 6) is 1.49. The van der Waals surface area contributed by atoms with Crippen molar-refractivity contribution in [3.63, 3.8) is 0 Å². The second-order valence-corrected chi connectivity index (χ2v) is 7.16. The summed E-state index contributed by atoms with van der Waals surface area (Å²) < 4.78 is 5.04. The molecule has 1 aliphatic heterocycles. The third-order valence-electron chi connectivity index (χ3n) is 5.23. The van der Waals surface area contributed by atoms with E-state index in [1.807, 2.05) is 18.2 Å². The quantitative estimate of drug-likeness (QED) is 0.488. The molecule has 1 saturated heterocycles. The van der Waals surface area contributed by atoms with Gasteiger partial charge in [0.1, 0.15) is 11.3 Å². The maximum absolute atomic E-state index is 11.1. The van der Waals surface area contributed by atoms with E-state index in [4.69, 9.17) is 10.5 Å². The van der Waals surface area contributed by atoms with E-state index in [-0.39, 0.29) is 16.5 Å². The number of nitro benzene ring substituents is 1. The van der Waals surface area contributed by atoms with Crippen LogP contribution >= 0.6 is 0 Å². The smallest absolute Gasteiger partial charge is 0.408 e. The van der Waals surface area contributed by atoms with Gasteiger partial charge in [0, 0.05) is 31.1 Å². The van der Waals surface area contributed by atoms with E-state index in [0.29, 0.717) is 11.3 Å². The van der Waals surface area contributed by atoms with Gasteiger partial charge in [-0.15, -0.1) is 0 Å². The molecule has 2 aromatic carbocycles. The lowest BCUT2D eigenvalue weighted by molar-refractivity contribution is -0.384. The van der Waals surface area contributed by atoms with E-state index in [0.717, 1.165) is 49.4 Å². The van der Waals surface area contributed by atoms with Gasteiger partial charge in [0.05, 0.1) is 10.4 Å². The van der Waals surface area contributed by atoms with Gasteiger partial charge < -0.3 is 20.4 Å². The van der Waals surface area contributed by atoms with E-state index in [2.05, 4.69) is 14.9 Å². The second-order valence-electron chi connectivity index (χ2n) is 7.16. The summed E-state index contributed by atoms with van der Waals surface area (Å²) in [6.45, 7) is 2.71. The Kier molecular flexibility index (Phi) is 5.13. The maximum Gasteiger partial charge on any atom is 0.410 e. The summed E-state index contributed by atoms with van der Waals surface area (Å²) in [5, 5.41) is 10.7. The number of para-hydroxylation sites is 1. The number of hydrogen-bond acceptors (Lipinski definition) is 6. The van der Waals surface area contributed by atoms with Gasteiger partial charge in [-0.3, -0.25) is 10.1 Å². The third kappa shape index (κ3) is 4.19. The van der Waals surface area contributed by atoms with Crippen LogP contribution in [0.25, 0.3) is 11.0 Å². The third-order valence-corrected chi connectivity index (χ3v) is 5.23. The molecular weight excluding hydrogens is 374 g/mol. The highest BCUT2D eigenvalue weighted by Crippen LogP contribution is 2.30. The van der Waals surface area contributed by atoms with Gasteiger partial charge in [0.15, 0.2) is 5.75 Å². The number of nitrogens with two attached hydrogens (primary N) is 1. The number of primary amides is 1. The minimum absolute atomic E-state index is 0.111. The van der Waals surface area contributed by atoms with E-state index < -0.39 is 6.09 Å². The zero-order chi connectivity index (χ0) is 20.4. The Balaban J connectivity index is 1.39. The zero-order valence-corrected chi connectivity index (χ0v) is 15.7. The van der Waals surface area contributed by atoms with Crippen LogP contribution in [0.4, 0.5) is 10.5 Å². The number of hydrogen-bond donors (Lipinski definition) is 2. The van der Waals surface area contributed by atoms with E-state index in [1.54, 1.807) is 24.3 Å². The number of nitrogens with zero attached hydrogens (tertiary/aromatic N) is 3. The van der Waals surface area contributed by atoms with Crippen molar-refractivity contribution in [2.75, 3.05) is 19.6 Å². The van der Waals surface area contributed by atoms with Crippen LogP contribution in [-0.2, 0) is 6.42 Å². The maximum atomic E-state index is 11.1. The summed E-state index contributed by atoms with van der Waals surface area (Å²) in [5.41, 5.74) is 7.73. The molecule has 3 N–H and O–H groups in total. The first kappa shape index (κ1) is 18.9. The Morgan fingerprint density at radius 1 is 1.31 bits per heavy atom. The molecule has 1 fully saturated rings. The molecule has 0 bridgehead atoms. The molecule has 2 heterocycles. The van der Waals surface area contributed by atoms with Gasteiger partial charge in [0.2, 0.25) is 0 Å². The lowest BCUT2D eigenvalue weighted by Gasteiger charge is -2.15. The van der Waals surface area contributed by atoms with Gasteiger partial charge in [0.25, 0.3) is 5.69 Å². The Bertz CT molecular complexity index is 1050. The standard InChI is InChI=1S/C20H21N5O4/c21-20(26)29-17-3-1-2-16-18(17)23-19(22-16)14-9-11-24(12-14)10-8-13-4-6-15(7-5-13)25(27)28/h1-7,14H,8-12H2,(H2,21,26)(H,22,23). The number of benzene rings is 2. The highest BCUT2D eigenvalue weighted by Gasteiger charge is 2.26. The van der Waals surface area contributed by atoms with Crippen molar-refractivity contribution in [1.82, 2.24) is 14.9 Å². The van der Waals surface area contributed by atoms with Crippen LogP contribution in [0.5, 0.6) is 5.75 Å². The van der Waals surface area contributed by atoms with Crippen LogP contribution in [-0.4, -0.2) is 45.5 Å². The number of amides is 1. The Morgan fingerprint density at radius 3 is 2.83 bits per heavy atom. The summed E-state index contributed by atoms with van der Waals surface area (Å²) in [4.78, 5) is 31.8. The van der Waals surface area contributed by atoms with Gasteiger partial charge in [-0.25, -0.2) is 9.78 Å². The molecule has 0 radical (unpaired) electrons. The van der Waals surface area contributed by atoms with Crippen molar-refractivity contribution in [3.05, 3.63) is 64.0 Å². The zero-order valence-electron chi connectivity index (χ0n) is 15.7. The van der Waals surface area contributed by atoms with Crippen molar-refractivity contribution >= 4 is 22.8 Å². The molecule has 3 aromatic rings. The van der Waals surface area contributed by atoms with Crippen molar-refractivity contribution in [1.29, 1.82) is 0 Å². The minimum atomic E-state index is -0.861. The van der Waals surface area contributed by atoms with Crippen LogP contribution in [0.2, 0.25) is 0 Å². The largest absolute Gasteiger partial charge is 0.410 e. The molecule has 0 aliphatic carbocycles. The first-order valence-electron chi connectivity index (χ1n) is 9.41. The number of non-ortho nitro benzene ring substituents is 1. The number of ether oxygens (including phenoxy) is 1. The molecule has 0 saturated carbocycles. The monoisotopic (exact) mass is 395 g/mol. The summed E-state index contributed by atoms with van der Waals surface area (Å²) in [7, 11) is 0. The van der Waals surface area contributed by atoms with Gasteiger partial charge >= 0.3 is 6.09 Å². The molecule has 29 heavy (non-hydrogen) atoms.